The number of hydrogen-bond donors (Lipinski definition) is 1. The van der Waals surface area contributed by atoms with Crippen molar-refractivity contribution in [2.24, 2.45) is 0 Å². The number of nitrogens with one attached hydrogen (secondary N) is 1. The van der Waals surface area contributed by atoms with Gasteiger partial charge in [0.15, 0.2) is 6.19 Å². The number of carbonyl (C=O) groups excluding carboxylic acids is 1. The lowest BCUT2D eigenvalue weighted by atomic mass is 10.7. The number of halogens is 3. The fourth-order valence-electron chi connectivity index (χ4n) is 0.122. The maximum absolute atomic E-state index is 10.3. The second-order valence-corrected chi connectivity index (χ2v) is 3.34. The average molecular weight is 187 g/mol. The lowest BCUT2D eigenvalue weighted by Gasteiger charge is -2.04. The van der Waals surface area contributed by atoms with Crippen molar-refractivity contribution < 1.29 is 4.79 Å². The highest BCUT2D eigenvalue weighted by atomic mass is 35.6. The maximum Gasteiger partial charge on any atom is 0.285 e. The smallest absolute Gasteiger partial charge is 0.269 e. The lowest BCUT2D eigenvalue weighted by Crippen LogP contribution is -2.30. The third-order valence-electron chi connectivity index (χ3n) is 0.427. The Morgan fingerprint density at radius 2 is 2.00 bits per heavy atom. The molecular formula is C3HCl3N2O. The maximum atomic E-state index is 10.3. The van der Waals surface area contributed by atoms with E-state index in [0.717, 1.165) is 0 Å². The van der Waals surface area contributed by atoms with Gasteiger partial charge < -0.3 is 0 Å². The van der Waals surface area contributed by atoms with Gasteiger partial charge in [-0.25, -0.2) is 0 Å². The summed E-state index contributed by atoms with van der Waals surface area (Å²) in [6.07, 6.45) is 1.32. The predicted molar refractivity (Wildman–Crippen MR) is 34.0 cm³/mol. The molecule has 0 spiro atoms. The van der Waals surface area contributed by atoms with Crippen molar-refractivity contribution >= 4 is 40.7 Å². The Balaban J connectivity index is 3.93. The first-order chi connectivity index (χ1) is 3.98. The van der Waals surface area contributed by atoms with E-state index in [9.17, 15) is 4.79 Å². The molecule has 0 unspecified atom stereocenters. The van der Waals surface area contributed by atoms with Crippen LogP contribution in [0.5, 0.6) is 0 Å². The molecule has 0 aliphatic heterocycles. The van der Waals surface area contributed by atoms with Crippen molar-refractivity contribution in [3.8, 4) is 6.19 Å². The van der Waals surface area contributed by atoms with E-state index >= 15 is 0 Å². The zero-order valence-electron chi connectivity index (χ0n) is 3.99. The molecule has 0 bridgehead atoms. The molecule has 3 nitrogen and oxygen atoms in total. The molecule has 0 aromatic rings. The number of nitriles is 1. The summed E-state index contributed by atoms with van der Waals surface area (Å²) in [5.41, 5.74) is 0. The largest absolute Gasteiger partial charge is 0.285 e. The van der Waals surface area contributed by atoms with Crippen molar-refractivity contribution in [1.82, 2.24) is 5.32 Å². The van der Waals surface area contributed by atoms with E-state index in [1.165, 1.54) is 6.19 Å². The summed E-state index contributed by atoms with van der Waals surface area (Å²) in [5.74, 6) is -0.949. The Hall–Kier alpha value is -0.170. The van der Waals surface area contributed by atoms with Crippen LogP contribution in [0.2, 0.25) is 0 Å². The third kappa shape index (κ3) is 3.41. The van der Waals surface area contributed by atoms with Gasteiger partial charge in [-0.2, -0.15) is 5.26 Å². The number of hydrogen-bond acceptors (Lipinski definition) is 2. The second-order valence-electron chi connectivity index (χ2n) is 1.06. The summed E-state index contributed by atoms with van der Waals surface area (Å²) >= 11 is 15.1. The minimum absolute atomic E-state index is 0.949. The molecule has 1 amide bonds. The van der Waals surface area contributed by atoms with E-state index in [1.54, 1.807) is 5.32 Å². The zero-order valence-corrected chi connectivity index (χ0v) is 6.26. The van der Waals surface area contributed by atoms with Crippen LogP contribution in [-0.2, 0) is 4.79 Å². The highest BCUT2D eigenvalue weighted by Crippen LogP contribution is 2.25. The molecule has 0 atom stereocenters. The van der Waals surface area contributed by atoms with Crippen LogP contribution in [0.25, 0.3) is 0 Å². The van der Waals surface area contributed by atoms with E-state index < -0.39 is 9.70 Å². The van der Waals surface area contributed by atoms with Crippen LogP contribution in [0.3, 0.4) is 0 Å². The Morgan fingerprint density at radius 1 is 1.56 bits per heavy atom. The first kappa shape index (κ1) is 8.83. The van der Waals surface area contributed by atoms with Gasteiger partial charge in [0.2, 0.25) is 0 Å². The van der Waals surface area contributed by atoms with Crippen molar-refractivity contribution in [1.29, 1.82) is 5.26 Å². The number of amides is 1. The van der Waals surface area contributed by atoms with E-state index in [0.29, 0.717) is 0 Å². The number of alkyl halides is 3. The second kappa shape index (κ2) is 3.11. The Kier molecular flexibility index (Phi) is 3.06. The monoisotopic (exact) mass is 186 g/mol. The van der Waals surface area contributed by atoms with Crippen LogP contribution in [0.4, 0.5) is 0 Å². The third-order valence-corrected chi connectivity index (χ3v) is 0.942. The van der Waals surface area contributed by atoms with Crippen LogP contribution in [0, 0.1) is 11.5 Å². The first-order valence-electron chi connectivity index (χ1n) is 1.74. The predicted octanol–water partition coefficient (Wildman–Crippen LogP) is 0.954. The molecule has 0 fully saturated rings. The molecule has 0 saturated heterocycles. The lowest BCUT2D eigenvalue weighted by molar-refractivity contribution is -0.119. The minimum atomic E-state index is -2.05. The van der Waals surface area contributed by atoms with Gasteiger partial charge in [0.1, 0.15) is 0 Å². The summed E-state index contributed by atoms with van der Waals surface area (Å²) in [6.45, 7) is 0. The molecule has 9 heavy (non-hydrogen) atoms. The SMILES string of the molecule is N#CNC(=O)C(Cl)(Cl)Cl. The fourth-order valence-corrected chi connectivity index (χ4v) is 0.263. The topological polar surface area (TPSA) is 52.9 Å². The average Bonchev–Trinajstić information content (AvgIpc) is 1.64. The molecule has 50 valence electrons. The summed E-state index contributed by atoms with van der Waals surface area (Å²) in [4.78, 5) is 10.3. The fraction of sp³-hybridized carbons (Fsp3) is 0.333. The summed E-state index contributed by atoms with van der Waals surface area (Å²) < 4.78 is -2.05. The van der Waals surface area contributed by atoms with E-state index in [1.807, 2.05) is 0 Å². The van der Waals surface area contributed by atoms with E-state index in [-0.39, 0.29) is 0 Å². The quantitative estimate of drug-likeness (QED) is 0.349. The molecule has 0 aliphatic carbocycles. The van der Waals surface area contributed by atoms with Gasteiger partial charge in [-0.1, -0.05) is 34.8 Å². The van der Waals surface area contributed by atoms with Crippen molar-refractivity contribution in [3.63, 3.8) is 0 Å². The molecule has 0 aliphatic rings. The van der Waals surface area contributed by atoms with E-state index in [2.05, 4.69) is 0 Å². The Bertz CT molecular complexity index is 155. The van der Waals surface area contributed by atoms with Crippen LogP contribution < -0.4 is 5.32 Å². The molecule has 6 heteroatoms. The Labute approximate surface area is 66.5 Å². The van der Waals surface area contributed by atoms with Gasteiger partial charge in [0, 0.05) is 0 Å². The summed E-state index contributed by atoms with van der Waals surface area (Å²) in [5, 5.41) is 9.50. The molecule has 0 saturated carbocycles. The molecule has 0 radical (unpaired) electrons. The van der Waals surface area contributed by atoms with E-state index in [4.69, 9.17) is 40.1 Å². The molecule has 0 aromatic carbocycles. The molecular weight excluding hydrogens is 186 g/mol. The van der Waals surface area contributed by atoms with Crippen LogP contribution in [0.1, 0.15) is 0 Å². The zero-order chi connectivity index (χ0) is 7.49. The van der Waals surface area contributed by atoms with Crippen molar-refractivity contribution in [3.05, 3.63) is 0 Å². The Morgan fingerprint density at radius 3 is 2.11 bits per heavy atom. The van der Waals surface area contributed by atoms with Crippen LogP contribution in [-0.4, -0.2) is 9.70 Å². The first-order valence-corrected chi connectivity index (χ1v) is 2.88. The van der Waals surface area contributed by atoms with Crippen LogP contribution in [0.15, 0.2) is 0 Å². The molecule has 0 aromatic heterocycles. The van der Waals surface area contributed by atoms with Gasteiger partial charge >= 0.3 is 0 Å². The molecule has 0 rings (SSSR count). The number of nitrogens with zero attached hydrogens (tertiary/aromatic N) is 1. The van der Waals surface area contributed by atoms with Gasteiger partial charge in [-0.3, -0.25) is 10.1 Å². The van der Waals surface area contributed by atoms with Gasteiger partial charge in [0.25, 0.3) is 9.70 Å². The summed E-state index contributed by atoms with van der Waals surface area (Å²) in [7, 11) is 0. The van der Waals surface area contributed by atoms with Gasteiger partial charge in [-0.15, -0.1) is 0 Å². The summed E-state index contributed by atoms with van der Waals surface area (Å²) in [6, 6.07) is 0. The van der Waals surface area contributed by atoms with Crippen LogP contribution >= 0.6 is 34.8 Å². The van der Waals surface area contributed by atoms with Crippen molar-refractivity contribution in [2.45, 2.75) is 3.79 Å². The highest BCUT2D eigenvalue weighted by Gasteiger charge is 2.30. The standard InChI is InChI=1S/C3HCl3N2O/c4-3(5,6)2(9)8-1-7/h(H,8,9). The number of carbonyl (C=O) groups is 1. The number of rotatable bonds is 0. The highest BCUT2D eigenvalue weighted by molar-refractivity contribution is 6.76. The molecule has 1 N–H and O–H groups in total. The molecule has 0 heterocycles. The normalized spacial score (nSPS) is 10.0. The van der Waals surface area contributed by atoms with Crippen molar-refractivity contribution in [2.75, 3.05) is 0 Å². The van der Waals surface area contributed by atoms with Gasteiger partial charge in [-0.05, 0) is 0 Å². The minimum Gasteiger partial charge on any atom is -0.269 e. The van der Waals surface area contributed by atoms with Gasteiger partial charge in [0.05, 0.1) is 0 Å².